The normalized spacial score (nSPS) is 10.3. The fraction of sp³-hybridized carbons (Fsp3) is 0.182. The number of rotatable bonds is 4. The van der Waals surface area contributed by atoms with Crippen LogP contribution in [0.15, 0.2) is 18.2 Å². The summed E-state index contributed by atoms with van der Waals surface area (Å²) in [4.78, 5) is 14.2. The highest BCUT2D eigenvalue weighted by atomic mass is 35.5. The van der Waals surface area contributed by atoms with E-state index in [0.717, 1.165) is 5.56 Å². The molecule has 1 aromatic heterocycles. The zero-order valence-corrected chi connectivity index (χ0v) is 11.7. The summed E-state index contributed by atoms with van der Waals surface area (Å²) in [5, 5.41) is 17.7. The van der Waals surface area contributed by atoms with Gasteiger partial charge in [0.25, 0.3) is 5.88 Å². The maximum atomic E-state index is 11.1. The molecule has 0 spiro atoms. The standard InChI is InChI=1S/C11H8Cl2N4O3/c1-2-6-3-4-8(7(5-6)17(18)19)20-10-9(12)15-16-11(13)14-10/h3-5H,2H2,1H3. The number of aryl methyl sites for hydroxylation is 1. The number of halogens is 2. The molecule has 2 aromatic rings. The van der Waals surface area contributed by atoms with Gasteiger partial charge >= 0.3 is 5.69 Å². The topological polar surface area (TPSA) is 91.0 Å². The first kappa shape index (κ1) is 14.4. The Kier molecular flexibility index (Phi) is 4.31. The van der Waals surface area contributed by atoms with Gasteiger partial charge in [0.05, 0.1) is 4.92 Å². The van der Waals surface area contributed by atoms with Crippen LogP contribution in [0.1, 0.15) is 12.5 Å². The summed E-state index contributed by atoms with van der Waals surface area (Å²) in [5.41, 5.74) is 0.629. The molecule has 0 saturated carbocycles. The summed E-state index contributed by atoms with van der Waals surface area (Å²) in [6, 6.07) is 4.62. The van der Waals surface area contributed by atoms with E-state index in [4.69, 9.17) is 27.9 Å². The van der Waals surface area contributed by atoms with E-state index < -0.39 is 4.92 Å². The summed E-state index contributed by atoms with van der Waals surface area (Å²) in [7, 11) is 0. The third-order valence-electron chi connectivity index (χ3n) is 2.43. The van der Waals surface area contributed by atoms with Crippen LogP contribution in [0.25, 0.3) is 0 Å². The summed E-state index contributed by atoms with van der Waals surface area (Å²) in [6.45, 7) is 1.89. The van der Waals surface area contributed by atoms with Gasteiger partial charge in [-0.2, -0.15) is 4.98 Å². The van der Waals surface area contributed by atoms with Gasteiger partial charge in [0, 0.05) is 6.07 Å². The van der Waals surface area contributed by atoms with Crippen LogP contribution in [0.4, 0.5) is 5.69 Å². The van der Waals surface area contributed by atoms with Crippen LogP contribution < -0.4 is 4.74 Å². The highest BCUT2D eigenvalue weighted by Crippen LogP contribution is 2.33. The van der Waals surface area contributed by atoms with Crippen molar-refractivity contribution in [3.8, 4) is 11.6 Å². The number of hydrogen-bond acceptors (Lipinski definition) is 6. The number of hydrogen-bond donors (Lipinski definition) is 0. The predicted octanol–water partition coefficient (Wildman–Crippen LogP) is 3.44. The lowest BCUT2D eigenvalue weighted by Gasteiger charge is -2.07. The summed E-state index contributed by atoms with van der Waals surface area (Å²) < 4.78 is 5.31. The van der Waals surface area contributed by atoms with Crippen molar-refractivity contribution in [1.82, 2.24) is 15.2 Å². The van der Waals surface area contributed by atoms with Crippen LogP contribution >= 0.6 is 23.2 Å². The van der Waals surface area contributed by atoms with Crippen LogP contribution in [-0.2, 0) is 6.42 Å². The summed E-state index contributed by atoms with van der Waals surface area (Å²) >= 11 is 11.3. The Morgan fingerprint density at radius 3 is 2.75 bits per heavy atom. The van der Waals surface area contributed by atoms with E-state index >= 15 is 0 Å². The number of ether oxygens (including phenoxy) is 1. The van der Waals surface area contributed by atoms with Crippen LogP contribution in [-0.4, -0.2) is 20.1 Å². The first-order valence-electron chi connectivity index (χ1n) is 5.52. The molecule has 0 atom stereocenters. The Bertz CT molecular complexity index is 666. The number of nitro benzene ring substituents is 1. The molecule has 1 heterocycles. The molecule has 0 aliphatic rings. The maximum absolute atomic E-state index is 11.1. The molecule has 20 heavy (non-hydrogen) atoms. The predicted molar refractivity (Wildman–Crippen MR) is 72.4 cm³/mol. The van der Waals surface area contributed by atoms with Crippen LogP contribution in [0.2, 0.25) is 10.4 Å². The molecule has 1 aromatic carbocycles. The van der Waals surface area contributed by atoms with Crippen molar-refractivity contribution in [3.63, 3.8) is 0 Å². The van der Waals surface area contributed by atoms with E-state index in [2.05, 4.69) is 15.2 Å². The van der Waals surface area contributed by atoms with Crippen molar-refractivity contribution in [2.75, 3.05) is 0 Å². The molecule has 7 nitrogen and oxygen atoms in total. The lowest BCUT2D eigenvalue weighted by molar-refractivity contribution is -0.385. The Labute approximate surface area is 123 Å². The lowest BCUT2D eigenvalue weighted by atomic mass is 10.1. The molecule has 0 radical (unpaired) electrons. The van der Waals surface area contributed by atoms with Gasteiger partial charge in [-0.25, -0.2) is 0 Å². The molecule has 0 amide bonds. The van der Waals surface area contributed by atoms with E-state index in [1.54, 1.807) is 6.07 Å². The quantitative estimate of drug-likeness (QED) is 0.634. The minimum atomic E-state index is -0.543. The summed E-state index contributed by atoms with van der Waals surface area (Å²) in [5.74, 6) is -0.135. The molecule has 0 unspecified atom stereocenters. The second-order valence-corrected chi connectivity index (χ2v) is 4.39. The second-order valence-electron chi connectivity index (χ2n) is 3.69. The Morgan fingerprint density at radius 2 is 2.10 bits per heavy atom. The fourth-order valence-corrected chi connectivity index (χ4v) is 1.69. The third-order valence-corrected chi connectivity index (χ3v) is 2.82. The van der Waals surface area contributed by atoms with E-state index in [9.17, 15) is 10.1 Å². The Balaban J connectivity index is 2.42. The van der Waals surface area contributed by atoms with Crippen LogP contribution in [0, 0.1) is 10.1 Å². The van der Waals surface area contributed by atoms with Gasteiger partial charge < -0.3 is 4.74 Å². The highest BCUT2D eigenvalue weighted by Gasteiger charge is 2.19. The van der Waals surface area contributed by atoms with E-state index in [-0.39, 0.29) is 27.8 Å². The molecule has 0 saturated heterocycles. The minimum absolute atomic E-state index is 0.00525. The lowest BCUT2D eigenvalue weighted by Crippen LogP contribution is -1.98. The third kappa shape index (κ3) is 3.12. The number of benzene rings is 1. The minimum Gasteiger partial charge on any atom is -0.429 e. The number of nitro groups is 1. The molecule has 0 fully saturated rings. The first-order chi connectivity index (χ1) is 9.51. The van der Waals surface area contributed by atoms with Gasteiger partial charge in [0.15, 0.2) is 0 Å². The van der Waals surface area contributed by atoms with Gasteiger partial charge in [0.2, 0.25) is 16.2 Å². The van der Waals surface area contributed by atoms with Crippen molar-refractivity contribution in [1.29, 1.82) is 0 Å². The molecule has 9 heteroatoms. The van der Waals surface area contributed by atoms with Crippen molar-refractivity contribution < 1.29 is 9.66 Å². The average molecular weight is 315 g/mol. The van der Waals surface area contributed by atoms with E-state index in [1.807, 2.05) is 6.92 Å². The van der Waals surface area contributed by atoms with E-state index in [0.29, 0.717) is 6.42 Å². The van der Waals surface area contributed by atoms with Crippen LogP contribution in [0.5, 0.6) is 11.6 Å². The van der Waals surface area contributed by atoms with Crippen molar-refractivity contribution >= 4 is 28.9 Å². The van der Waals surface area contributed by atoms with Crippen molar-refractivity contribution in [2.45, 2.75) is 13.3 Å². The largest absolute Gasteiger partial charge is 0.429 e. The molecule has 0 aliphatic heterocycles. The zero-order chi connectivity index (χ0) is 14.7. The van der Waals surface area contributed by atoms with Gasteiger partial charge in [-0.15, -0.1) is 10.2 Å². The average Bonchev–Trinajstić information content (AvgIpc) is 2.43. The van der Waals surface area contributed by atoms with Gasteiger partial charge in [-0.3, -0.25) is 10.1 Å². The molecule has 0 bridgehead atoms. The fourth-order valence-electron chi connectivity index (χ4n) is 1.46. The first-order valence-corrected chi connectivity index (χ1v) is 6.27. The Hall–Kier alpha value is -1.99. The second kappa shape index (κ2) is 5.98. The van der Waals surface area contributed by atoms with Crippen LogP contribution in [0.3, 0.4) is 0 Å². The summed E-state index contributed by atoms with van der Waals surface area (Å²) in [6.07, 6.45) is 0.669. The maximum Gasteiger partial charge on any atom is 0.311 e. The highest BCUT2D eigenvalue weighted by molar-refractivity contribution is 6.31. The van der Waals surface area contributed by atoms with Gasteiger partial charge in [-0.1, -0.05) is 24.6 Å². The Morgan fingerprint density at radius 1 is 1.35 bits per heavy atom. The van der Waals surface area contributed by atoms with Gasteiger partial charge in [0.1, 0.15) is 0 Å². The van der Waals surface area contributed by atoms with E-state index in [1.165, 1.54) is 12.1 Å². The van der Waals surface area contributed by atoms with Crippen molar-refractivity contribution in [3.05, 3.63) is 44.3 Å². The molecular formula is C11H8Cl2N4O3. The molecular weight excluding hydrogens is 307 g/mol. The molecule has 0 N–H and O–H groups in total. The van der Waals surface area contributed by atoms with Gasteiger partial charge in [-0.05, 0) is 29.7 Å². The van der Waals surface area contributed by atoms with Crippen molar-refractivity contribution in [2.24, 2.45) is 0 Å². The molecule has 104 valence electrons. The monoisotopic (exact) mass is 314 g/mol. The number of aromatic nitrogens is 3. The smallest absolute Gasteiger partial charge is 0.311 e. The molecule has 2 rings (SSSR count). The zero-order valence-electron chi connectivity index (χ0n) is 10.2. The molecule has 0 aliphatic carbocycles. The SMILES string of the molecule is CCc1ccc(Oc2nc(Cl)nnc2Cl)c([N+](=O)[O-])c1. The number of nitrogens with zero attached hydrogens (tertiary/aromatic N) is 4.